The van der Waals surface area contributed by atoms with Crippen LogP contribution < -0.4 is 10.6 Å². The van der Waals surface area contributed by atoms with Gasteiger partial charge in [0.1, 0.15) is 6.04 Å². The smallest absolute Gasteiger partial charge is 0.256 e. The molecule has 18 heavy (non-hydrogen) atoms. The van der Waals surface area contributed by atoms with Gasteiger partial charge in [-0.1, -0.05) is 6.92 Å². The van der Waals surface area contributed by atoms with E-state index in [-0.39, 0.29) is 11.5 Å². The molecule has 0 fully saturated rings. The van der Waals surface area contributed by atoms with Crippen LogP contribution in [0, 0.1) is 5.95 Å². The van der Waals surface area contributed by atoms with Crippen molar-refractivity contribution < 1.29 is 14.0 Å². The number of hydrogen-bond acceptors (Lipinski definition) is 3. The molecule has 98 valence electrons. The third-order valence-electron chi connectivity index (χ3n) is 2.29. The number of nitrogens with one attached hydrogen (secondary N) is 2. The Labute approximate surface area is 105 Å². The summed E-state index contributed by atoms with van der Waals surface area (Å²) in [5, 5.41) is 5.06. The van der Waals surface area contributed by atoms with Crippen molar-refractivity contribution in [1.82, 2.24) is 15.6 Å². The molecule has 1 atom stereocenters. The Morgan fingerprint density at radius 3 is 2.83 bits per heavy atom. The second kappa shape index (κ2) is 6.68. The molecule has 2 amide bonds. The van der Waals surface area contributed by atoms with Crippen molar-refractivity contribution in [2.45, 2.75) is 26.3 Å². The molecule has 0 saturated carbocycles. The van der Waals surface area contributed by atoms with Gasteiger partial charge in [-0.2, -0.15) is 4.39 Å². The quantitative estimate of drug-likeness (QED) is 0.765. The predicted molar refractivity (Wildman–Crippen MR) is 64.4 cm³/mol. The van der Waals surface area contributed by atoms with Crippen molar-refractivity contribution in [3.63, 3.8) is 0 Å². The molecule has 1 unspecified atom stereocenters. The topological polar surface area (TPSA) is 71.1 Å². The van der Waals surface area contributed by atoms with Crippen LogP contribution in [0.5, 0.6) is 0 Å². The molecule has 2 N–H and O–H groups in total. The van der Waals surface area contributed by atoms with E-state index in [1.54, 1.807) is 0 Å². The minimum absolute atomic E-state index is 0.173. The lowest BCUT2D eigenvalue weighted by Gasteiger charge is -2.13. The van der Waals surface area contributed by atoms with Crippen molar-refractivity contribution in [2.24, 2.45) is 0 Å². The number of carbonyl (C=O) groups is 2. The Kier molecular flexibility index (Phi) is 5.23. The molecule has 0 bridgehead atoms. The van der Waals surface area contributed by atoms with Gasteiger partial charge in [-0.05, 0) is 25.5 Å². The van der Waals surface area contributed by atoms with Crippen molar-refractivity contribution in [2.75, 3.05) is 6.54 Å². The van der Waals surface area contributed by atoms with Gasteiger partial charge in [0.15, 0.2) is 0 Å². The monoisotopic (exact) mass is 253 g/mol. The van der Waals surface area contributed by atoms with Gasteiger partial charge >= 0.3 is 0 Å². The molecule has 1 rings (SSSR count). The van der Waals surface area contributed by atoms with Crippen LogP contribution in [0.25, 0.3) is 0 Å². The highest BCUT2D eigenvalue weighted by atomic mass is 19.1. The molecule has 1 aromatic rings. The van der Waals surface area contributed by atoms with E-state index in [2.05, 4.69) is 15.6 Å². The standard InChI is InChI=1S/C12H16FN3O2/c1-3-6-15-11(17)8(2)16-12(18)9-5-4-7-14-10(9)13/h4-5,7-8H,3,6H2,1-2H3,(H,15,17)(H,16,18). The van der Waals surface area contributed by atoms with Crippen LogP contribution >= 0.6 is 0 Å². The lowest BCUT2D eigenvalue weighted by atomic mass is 10.2. The van der Waals surface area contributed by atoms with Crippen LogP contribution in [0.2, 0.25) is 0 Å². The first kappa shape index (κ1) is 14.1. The summed E-state index contributed by atoms with van der Waals surface area (Å²) in [6, 6.07) is 2.05. The Balaban J connectivity index is 2.60. The minimum Gasteiger partial charge on any atom is -0.354 e. The zero-order valence-corrected chi connectivity index (χ0v) is 10.4. The average molecular weight is 253 g/mol. The van der Waals surface area contributed by atoms with Gasteiger partial charge in [-0.3, -0.25) is 9.59 Å². The average Bonchev–Trinajstić information content (AvgIpc) is 2.36. The van der Waals surface area contributed by atoms with Crippen LogP contribution in [0.4, 0.5) is 4.39 Å². The first-order chi connectivity index (χ1) is 8.56. The highest BCUT2D eigenvalue weighted by Gasteiger charge is 2.18. The normalized spacial score (nSPS) is 11.7. The first-order valence-electron chi connectivity index (χ1n) is 5.75. The lowest BCUT2D eigenvalue weighted by Crippen LogP contribution is -2.45. The van der Waals surface area contributed by atoms with E-state index in [0.29, 0.717) is 6.54 Å². The molecule has 0 aliphatic rings. The number of pyridine rings is 1. The molecule has 0 aromatic carbocycles. The molecule has 0 spiro atoms. The van der Waals surface area contributed by atoms with E-state index < -0.39 is 17.9 Å². The number of rotatable bonds is 5. The van der Waals surface area contributed by atoms with E-state index in [1.165, 1.54) is 25.3 Å². The van der Waals surface area contributed by atoms with Gasteiger partial charge in [0.25, 0.3) is 5.91 Å². The van der Waals surface area contributed by atoms with Gasteiger partial charge in [0, 0.05) is 12.7 Å². The Morgan fingerprint density at radius 2 is 2.22 bits per heavy atom. The largest absolute Gasteiger partial charge is 0.354 e. The highest BCUT2D eigenvalue weighted by Crippen LogP contribution is 2.03. The van der Waals surface area contributed by atoms with Gasteiger partial charge < -0.3 is 10.6 Å². The van der Waals surface area contributed by atoms with E-state index >= 15 is 0 Å². The fraction of sp³-hybridized carbons (Fsp3) is 0.417. The summed E-state index contributed by atoms with van der Waals surface area (Å²) in [5.74, 6) is -1.80. The summed E-state index contributed by atoms with van der Waals surface area (Å²) in [6.45, 7) is 4.01. The van der Waals surface area contributed by atoms with Crippen LogP contribution in [0.1, 0.15) is 30.6 Å². The van der Waals surface area contributed by atoms with E-state index in [0.717, 1.165) is 6.42 Å². The Bertz CT molecular complexity index is 437. The maximum atomic E-state index is 13.2. The second-order valence-electron chi connectivity index (χ2n) is 3.83. The molecular weight excluding hydrogens is 237 g/mol. The maximum absolute atomic E-state index is 13.2. The van der Waals surface area contributed by atoms with E-state index in [1.807, 2.05) is 6.92 Å². The number of hydrogen-bond donors (Lipinski definition) is 2. The molecule has 6 heteroatoms. The van der Waals surface area contributed by atoms with Crippen molar-refractivity contribution in [1.29, 1.82) is 0 Å². The lowest BCUT2D eigenvalue weighted by molar-refractivity contribution is -0.122. The molecule has 1 heterocycles. The molecule has 0 saturated heterocycles. The third kappa shape index (κ3) is 3.80. The fourth-order valence-electron chi connectivity index (χ4n) is 1.30. The van der Waals surface area contributed by atoms with E-state index in [4.69, 9.17) is 0 Å². The number of amides is 2. The molecule has 1 aromatic heterocycles. The zero-order valence-electron chi connectivity index (χ0n) is 10.4. The molecule has 5 nitrogen and oxygen atoms in total. The van der Waals surface area contributed by atoms with Crippen LogP contribution in [-0.2, 0) is 4.79 Å². The zero-order chi connectivity index (χ0) is 13.5. The van der Waals surface area contributed by atoms with Crippen LogP contribution in [0.15, 0.2) is 18.3 Å². The maximum Gasteiger partial charge on any atom is 0.256 e. The summed E-state index contributed by atoms with van der Waals surface area (Å²) in [4.78, 5) is 26.6. The van der Waals surface area contributed by atoms with Crippen molar-refractivity contribution in [3.8, 4) is 0 Å². The third-order valence-corrected chi connectivity index (χ3v) is 2.29. The molecule has 0 radical (unpaired) electrons. The Morgan fingerprint density at radius 1 is 1.50 bits per heavy atom. The van der Waals surface area contributed by atoms with Gasteiger partial charge in [0.05, 0.1) is 5.56 Å². The second-order valence-corrected chi connectivity index (χ2v) is 3.83. The number of halogens is 1. The molecule has 0 aliphatic carbocycles. The van der Waals surface area contributed by atoms with Crippen LogP contribution in [-0.4, -0.2) is 29.4 Å². The number of carbonyl (C=O) groups excluding carboxylic acids is 2. The first-order valence-corrected chi connectivity index (χ1v) is 5.75. The van der Waals surface area contributed by atoms with Gasteiger partial charge in [-0.15, -0.1) is 0 Å². The highest BCUT2D eigenvalue weighted by molar-refractivity contribution is 5.97. The van der Waals surface area contributed by atoms with Gasteiger partial charge in [-0.25, -0.2) is 4.98 Å². The summed E-state index contributed by atoms with van der Waals surface area (Å²) < 4.78 is 13.2. The molecular formula is C12H16FN3O2. The summed E-state index contributed by atoms with van der Waals surface area (Å²) in [5.41, 5.74) is -0.173. The number of aromatic nitrogens is 1. The van der Waals surface area contributed by atoms with Crippen LogP contribution in [0.3, 0.4) is 0 Å². The summed E-state index contributed by atoms with van der Waals surface area (Å²) >= 11 is 0. The Hall–Kier alpha value is -1.98. The summed E-state index contributed by atoms with van der Waals surface area (Å²) in [7, 11) is 0. The van der Waals surface area contributed by atoms with Crippen molar-refractivity contribution >= 4 is 11.8 Å². The fourth-order valence-corrected chi connectivity index (χ4v) is 1.30. The van der Waals surface area contributed by atoms with E-state index in [9.17, 15) is 14.0 Å². The van der Waals surface area contributed by atoms with Gasteiger partial charge in [0.2, 0.25) is 11.9 Å². The summed E-state index contributed by atoms with van der Waals surface area (Å²) in [6.07, 6.45) is 2.06. The number of nitrogens with zero attached hydrogens (tertiary/aromatic N) is 1. The predicted octanol–water partition coefficient (Wildman–Crippen LogP) is 0.865. The SMILES string of the molecule is CCCNC(=O)C(C)NC(=O)c1cccnc1F. The minimum atomic E-state index is -0.851. The molecule has 0 aliphatic heterocycles. The van der Waals surface area contributed by atoms with Crippen molar-refractivity contribution in [3.05, 3.63) is 29.8 Å².